The van der Waals surface area contributed by atoms with Crippen LogP contribution in [0, 0.1) is 0 Å². The van der Waals surface area contributed by atoms with Crippen molar-refractivity contribution in [3.63, 3.8) is 0 Å². The molecule has 0 atom stereocenters. The Hall–Kier alpha value is -0.740. The van der Waals surface area contributed by atoms with E-state index in [0.29, 0.717) is 11.0 Å². The molecule has 0 spiro atoms. The highest BCUT2D eigenvalue weighted by Crippen LogP contribution is 2.33. The van der Waals surface area contributed by atoms with Gasteiger partial charge in [-0.2, -0.15) is 0 Å². The Morgan fingerprint density at radius 3 is 2.79 bits per heavy atom. The molecule has 1 aromatic carbocycles. The molecule has 0 fully saturated rings. The van der Waals surface area contributed by atoms with Gasteiger partial charge in [-0.05, 0) is 53.0 Å². The van der Waals surface area contributed by atoms with Crippen molar-refractivity contribution in [2.45, 2.75) is 12.8 Å². The van der Waals surface area contributed by atoms with Crippen LogP contribution in [0.5, 0.6) is 11.5 Å². The minimum Gasteiger partial charge on any atom is -0.506 e. The molecule has 0 aromatic heterocycles. The van der Waals surface area contributed by atoms with Gasteiger partial charge in [-0.3, -0.25) is 0 Å². The van der Waals surface area contributed by atoms with Crippen molar-refractivity contribution in [2.75, 3.05) is 13.7 Å². The van der Waals surface area contributed by atoms with Gasteiger partial charge >= 0.3 is 0 Å². The molecule has 0 radical (unpaired) electrons. The first-order chi connectivity index (χ1) is 6.69. The Morgan fingerprint density at radius 1 is 1.50 bits per heavy atom. The number of aryl methyl sites for hydroxylation is 1. The van der Waals surface area contributed by atoms with Gasteiger partial charge in [-0.15, -0.1) is 0 Å². The van der Waals surface area contributed by atoms with Crippen LogP contribution >= 0.6 is 15.9 Å². The predicted molar refractivity (Wildman–Crippen MR) is 59.7 cm³/mol. The molecule has 0 saturated heterocycles. The summed E-state index contributed by atoms with van der Waals surface area (Å²) in [5, 5.41) is 9.70. The zero-order valence-corrected chi connectivity index (χ0v) is 9.67. The number of aromatic hydroxyl groups is 1. The Morgan fingerprint density at radius 2 is 2.21 bits per heavy atom. The van der Waals surface area contributed by atoms with Crippen molar-refractivity contribution in [2.24, 2.45) is 5.73 Å². The number of halogens is 1. The van der Waals surface area contributed by atoms with Gasteiger partial charge in [0.25, 0.3) is 0 Å². The molecule has 0 aliphatic heterocycles. The lowest BCUT2D eigenvalue weighted by Crippen LogP contribution is -2.00. The molecule has 14 heavy (non-hydrogen) atoms. The lowest BCUT2D eigenvalue weighted by molar-refractivity contribution is 0.409. The molecule has 0 saturated carbocycles. The Kier molecular flexibility index (Phi) is 4.22. The number of phenols is 1. The van der Waals surface area contributed by atoms with E-state index in [1.165, 1.54) is 0 Å². The highest BCUT2D eigenvalue weighted by atomic mass is 79.9. The highest BCUT2D eigenvalue weighted by molar-refractivity contribution is 9.10. The maximum Gasteiger partial charge on any atom is 0.133 e. The fraction of sp³-hybridized carbons (Fsp3) is 0.400. The number of methoxy groups -OCH3 is 1. The first-order valence-electron chi connectivity index (χ1n) is 4.44. The standard InChI is InChI=1S/C10H14BrNO2/c1-14-8-5-7(3-2-4-12)10(13)9(11)6-8/h5-6,13H,2-4,12H2,1H3. The van der Waals surface area contributed by atoms with Crippen molar-refractivity contribution in [1.82, 2.24) is 0 Å². The summed E-state index contributed by atoms with van der Waals surface area (Å²) in [4.78, 5) is 0. The lowest BCUT2D eigenvalue weighted by atomic mass is 10.1. The largest absolute Gasteiger partial charge is 0.506 e. The van der Waals surface area contributed by atoms with E-state index in [9.17, 15) is 5.11 Å². The Labute approximate surface area is 92.0 Å². The van der Waals surface area contributed by atoms with Crippen LogP contribution in [0.15, 0.2) is 16.6 Å². The maximum absolute atomic E-state index is 9.70. The van der Waals surface area contributed by atoms with Crippen molar-refractivity contribution in [1.29, 1.82) is 0 Å². The van der Waals surface area contributed by atoms with E-state index in [2.05, 4.69) is 15.9 Å². The first kappa shape index (κ1) is 11.3. The number of ether oxygens (including phenoxy) is 1. The van der Waals surface area contributed by atoms with Crippen molar-refractivity contribution >= 4 is 15.9 Å². The highest BCUT2D eigenvalue weighted by Gasteiger charge is 2.07. The third kappa shape index (κ3) is 2.62. The molecular weight excluding hydrogens is 246 g/mol. The summed E-state index contributed by atoms with van der Waals surface area (Å²) in [6.07, 6.45) is 1.62. The fourth-order valence-corrected chi connectivity index (χ4v) is 1.71. The van der Waals surface area contributed by atoms with Crippen LogP contribution in [0.25, 0.3) is 0 Å². The molecule has 0 amide bonds. The van der Waals surface area contributed by atoms with E-state index in [-0.39, 0.29) is 5.75 Å². The molecule has 1 aromatic rings. The van der Waals surface area contributed by atoms with Crippen molar-refractivity contribution < 1.29 is 9.84 Å². The van der Waals surface area contributed by atoms with Gasteiger partial charge < -0.3 is 15.6 Å². The lowest BCUT2D eigenvalue weighted by Gasteiger charge is -2.08. The molecule has 3 N–H and O–H groups in total. The van der Waals surface area contributed by atoms with Crippen LogP contribution in [0.3, 0.4) is 0 Å². The first-order valence-corrected chi connectivity index (χ1v) is 5.23. The second kappa shape index (κ2) is 5.22. The van der Waals surface area contributed by atoms with E-state index in [1.807, 2.05) is 6.07 Å². The van der Waals surface area contributed by atoms with Crippen molar-refractivity contribution in [3.05, 3.63) is 22.2 Å². The van der Waals surface area contributed by atoms with E-state index < -0.39 is 0 Å². The number of rotatable bonds is 4. The van der Waals surface area contributed by atoms with E-state index in [4.69, 9.17) is 10.5 Å². The van der Waals surface area contributed by atoms with E-state index in [0.717, 1.165) is 24.2 Å². The summed E-state index contributed by atoms with van der Waals surface area (Å²) in [7, 11) is 1.60. The third-order valence-electron chi connectivity index (χ3n) is 2.00. The van der Waals surface area contributed by atoms with Crippen LogP contribution in [0.1, 0.15) is 12.0 Å². The van der Waals surface area contributed by atoms with Crippen LogP contribution in [-0.4, -0.2) is 18.8 Å². The fourth-order valence-electron chi connectivity index (χ4n) is 1.23. The molecule has 0 heterocycles. The molecule has 0 aliphatic carbocycles. The second-order valence-corrected chi connectivity index (χ2v) is 3.86. The van der Waals surface area contributed by atoms with E-state index >= 15 is 0 Å². The summed E-state index contributed by atoms with van der Waals surface area (Å²) in [5.41, 5.74) is 6.27. The summed E-state index contributed by atoms with van der Waals surface area (Å²) in [6, 6.07) is 3.57. The van der Waals surface area contributed by atoms with Gasteiger partial charge in [0.1, 0.15) is 11.5 Å². The van der Waals surface area contributed by atoms with Crippen LogP contribution in [-0.2, 0) is 6.42 Å². The quantitative estimate of drug-likeness (QED) is 0.871. The van der Waals surface area contributed by atoms with Crippen LogP contribution in [0.4, 0.5) is 0 Å². The molecule has 78 valence electrons. The Bertz CT molecular complexity index is 315. The maximum atomic E-state index is 9.70. The number of hydrogen-bond donors (Lipinski definition) is 2. The van der Waals surface area contributed by atoms with Crippen LogP contribution < -0.4 is 10.5 Å². The average Bonchev–Trinajstić information content (AvgIpc) is 2.20. The number of benzene rings is 1. The van der Waals surface area contributed by atoms with Gasteiger partial charge in [0.05, 0.1) is 11.6 Å². The summed E-state index contributed by atoms with van der Waals surface area (Å²) < 4.78 is 5.75. The zero-order valence-electron chi connectivity index (χ0n) is 8.09. The molecule has 0 aliphatic rings. The molecule has 4 heteroatoms. The second-order valence-electron chi connectivity index (χ2n) is 3.01. The minimum absolute atomic E-state index is 0.277. The number of nitrogens with two attached hydrogens (primary N) is 1. The molecule has 0 bridgehead atoms. The summed E-state index contributed by atoms with van der Waals surface area (Å²) in [5.74, 6) is 1.01. The molecular formula is C10H14BrNO2. The van der Waals surface area contributed by atoms with Gasteiger partial charge in [0, 0.05) is 0 Å². The van der Waals surface area contributed by atoms with E-state index in [1.54, 1.807) is 13.2 Å². The molecule has 3 nitrogen and oxygen atoms in total. The monoisotopic (exact) mass is 259 g/mol. The van der Waals surface area contributed by atoms with Gasteiger partial charge in [-0.25, -0.2) is 0 Å². The number of phenolic OH excluding ortho intramolecular Hbond substituents is 1. The predicted octanol–water partition coefficient (Wildman–Crippen LogP) is 2.05. The minimum atomic E-state index is 0.277. The number of hydrogen-bond acceptors (Lipinski definition) is 3. The topological polar surface area (TPSA) is 55.5 Å². The van der Waals surface area contributed by atoms with Gasteiger partial charge in [0.2, 0.25) is 0 Å². The summed E-state index contributed by atoms with van der Waals surface area (Å²) >= 11 is 3.27. The van der Waals surface area contributed by atoms with Gasteiger partial charge in [0.15, 0.2) is 0 Å². The van der Waals surface area contributed by atoms with Gasteiger partial charge in [-0.1, -0.05) is 0 Å². The normalized spacial score (nSPS) is 10.2. The Balaban J connectivity index is 2.95. The average molecular weight is 260 g/mol. The molecule has 1 rings (SSSR count). The third-order valence-corrected chi connectivity index (χ3v) is 2.61. The zero-order chi connectivity index (χ0) is 10.6. The molecule has 0 unspecified atom stereocenters. The van der Waals surface area contributed by atoms with Crippen molar-refractivity contribution in [3.8, 4) is 11.5 Å². The summed E-state index contributed by atoms with van der Waals surface area (Å²) in [6.45, 7) is 0.619. The van der Waals surface area contributed by atoms with Crippen LogP contribution in [0.2, 0.25) is 0 Å². The smallest absolute Gasteiger partial charge is 0.133 e. The SMILES string of the molecule is COc1cc(Br)c(O)c(CCCN)c1.